The Kier molecular flexibility index (Phi) is 4.39. The van der Waals surface area contributed by atoms with E-state index in [-0.39, 0.29) is 12.0 Å². The Morgan fingerprint density at radius 2 is 2.00 bits per heavy atom. The summed E-state index contributed by atoms with van der Waals surface area (Å²) in [6, 6.07) is 2.19. The van der Waals surface area contributed by atoms with Crippen molar-refractivity contribution in [1.29, 1.82) is 5.26 Å². The van der Waals surface area contributed by atoms with E-state index in [9.17, 15) is 9.90 Å². The summed E-state index contributed by atoms with van der Waals surface area (Å²) < 4.78 is 0. The molecule has 17 heavy (non-hydrogen) atoms. The van der Waals surface area contributed by atoms with Gasteiger partial charge in [0.15, 0.2) is 0 Å². The summed E-state index contributed by atoms with van der Waals surface area (Å²) in [5.74, 6) is 0.198. The highest BCUT2D eigenvalue weighted by Crippen LogP contribution is 2.34. The highest BCUT2D eigenvalue weighted by molar-refractivity contribution is 5.66. The first-order valence-electron chi connectivity index (χ1n) is 6.27. The van der Waals surface area contributed by atoms with Crippen molar-refractivity contribution < 1.29 is 9.90 Å². The minimum absolute atomic E-state index is 0.000833. The van der Waals surface area contributed by atoms with Crippen LogP contribution in [0.1, 0.15) is 52.9 Å². The van der Waals surface area contributed by atoms with Crippen LogP contribution in [0.4, 0.5) is 4.79 Å². The lowest BCUT2D eigenvalue weighted by Crippen LogP contribution is -2.54. The fraction of sp³-hybridized carbons (Fsp3) is 0.846. The van der Waals surface area contributed by atoms with Crippen molar-refractivity contribution >= 4 is 6.09 Å². The Balaban J connectivity index is 2.91. The molecule has 0 aromatic carbocycles. The number of carbonyl (C=O) groups is 1. The summed E-state index contributed by atoms with van der Waals surface area (Å²) in [6.07, 6.45) is 3.62. The van der Waals surface area contributed by atoms with Crippen LogP contribution in [0.2, 0.25) is 0 Å². The van der Waals surface area contributed by atoms with E-state index in [2.05, 4.69) is 6.07 Å². The first kappa shape index (κ1) is 13.8. The normalized spacial score (nSPS) is 25.1. The lowest BCUT2D eigenvalue weighted by molar-refractivity contribution is 0.0335. The molecule has 1 N–H and O–H groups in total. The lowest BCUT2D eigenvalue weighted by Gasteiger charge is -2.44. The number of amides is 1. The standard InChI is InChI=1S/C13H22N2O2/c1-13(2,3)15(12(16)17)11-7-5-4-6-10(11)8-9-14/h10-11H,4-8H2,1-3H3,(H,16,17)/t10-,11+/m1/s1. The Labute approximate surface area is 103 Å². The predicted octanol–water partition coefficient (Wildman–Crippen LogP) is 3.24. The van der Waals surface area contributed by atoms with Crippen LogP contribution in [0.25, 0.3) is 0 Å². The highest BCUT2D eigenvalue weighted by Gasteiger charge is 2.38. The van der Waals surface area contributed by atoms with E-state index in [4.69, 9.17) is 5.26 Å². The van der Waals surface area contributed by atoms with Crippen molar-refractivity contribution in [3.05, 3.63) is 0 Å². The highest BCUT2D eigenvalue weighted by atomic mass is 16.4. The fourth-order valence-electron chi connectivity index (χ4n) is 2.81. The third-order valence-electron chi connectivity index (χ3n) is 3.48. The van der Waals surface area contributed by atoms with Gasteiger partial charge < -0.3 is 10.0 Å². The maximum Gasteiger partial charge on any atom is 0.407 e. The van der Waals surface area contributed by atoms with Gasteiger partial charge in [0.2, 0.25) is 0 Å². The first-order valence-corrected chi connectivity index (χ1v) is 6.27. The van der Waals surface area contributed by atoms with Crippen molar-refractivity contribution in [2.75, 3.05) is 0 Å². The minimum atomic E-state index is -0.868. The molecule has 96 valence electrons. The second kappa shape index (κ2) is 5.39. The molecule has 0 saturated heterocycles. The van der Waals surface area contributed by atoms with Crippen molar-refractivity contribution in [2.45, 2.75) is 64.5 Å². The Hall–Kier alpha value is -1.24. The molecule has 0 aliphatic heterocycles. The molecule has 1 saturated carbocycles. The van der Waals surface area contributed by atoms with E-state index in [0.717, 1.165) is 25.7 Å². The van der Waals surface area contributed by atoms with Crippen LogP contribution in [0.15, 0.2) is 0 Å². The Bertz CT molecular complexity index is 314. The molecule has 2 atom stereocenters. The molecule has 1 aliphatic carbocycles. The summed E-state index contributed by atoms with van der Waals surface area (Å²) in [6.45, 7) is 5.75. The third-order valence-corrected chi connectivity index (χ3v) is 3.48. The van der Waals surface area contributed by atoms with Crippen LogP contribution in [0, 0.1) is 17.2 Å². The predicted molar refractivity (Wildman–Crippen MR) is 65.6 cm³/mol. The van der Waals surface area contributed by atoms with Gasteiger partial charge in [0.1, 0.15) is 0 Å². The number of nitrogens with zero attached hydrogens (tertiary/aromatic N) is 2. The zero-order chi connectivity index (χ0) is 13.1. The molecule has 4 nitrogen and oxygen atoms in total. The van der Waals surface area contributed by atoms with Crippen molar-refractivity contribution in [1.82, 2.24) is 4.90 Å². The third kappa shape index (κ3) is 3.36. The van der Waals surface area contributed by atoms with Gasteiger partial charge in [-0.1, -0.05) is 12.8 Å². The van der Waals surface area contributed by atoms with E-state index in [1.54, 1.807) is 4.90 Å². The molecule has 4 heteroatoms. The average Bonchev–Trinajstić information content (AvgIpc) is 2.18. The molecule has 1 fully saturated rings. The van der Waals surface area contributed by atoms with Crippen molar-refractivity contribution in [3.8, 4) is 6.07 Å². The van der Waals surface area contributed by atoms with Crippen LogP contribution in [-0.4, -0.2) is 27.7 Å². The minimum Gasteiger partial charge on any atom is -0.465 e. The van der Waals surface area contributed by atoms with Gasteiger partial charge in [-0.05, 0) is 39.5 Å². The van der Waals surface area contributed by atoms with Gasteiger partial charge in [-0.3, -0.25) is 0 Å². The fourth-order valence-corrected chi connectivity index (χ4v) is 2.81. The number of rotatable bonds is 2. The first-order chi connectivity index (χ1) is 7.88. The van der Waals surface area contributed by atoms with Crippen molar-refractivity contribution in [3.63, 3.8) is 0 Å². The van der Waals surface area contributed by atoms with Crippen LogP contribution >= 0.6 is 0 Å². The van der Waals surface area contributed by atoms with Gasteiger partial charge in [0, 0.05) is 18.0 Å². The van der Waals surface area contributed by atoms with E-state index >= 15 is 0 Å². The molecule has 0 radical (unpaired) electrons. The molecule has 0 aromatic heterocycles. The number of carboxylic acid groups (broad SMARTS) is 1. The second-order valence-corrected chi connectivity index (χ2v) is 5.80. The molecule has 1 amide bonds. The van der Waals surface area contributed by atoms with E-state index < -0.39 is 11.6 Å². The van der Waals surface area contributed by atoms with Gasteiger partial charge in [0.25, 0.3) is 0 Å². The van der Waals surface area contributed by atoms with Gasteiger partial charge in [0.05, 0.1) is 6.07 Å². The zero-order valence-electron chi connectivity index (χ0n) is 10.9. The van der Waals surface area contributed by atoms with E-state index in [1.165, 1.54) is 0 Å². The maximum absolute atomic E-state index is 11.4. The monoisotopic (exact) mass is 238 g/mol. The van der Waals surface area contributed by atoms with Crippen LogP contribution in [-0.2, 0) is 0 Å². The van der Waals surface area contributed by atoms with Gasteiger partial charge >= 0.3 is 6.09 Å². The molecule has 1 aliphatic rings. The molecule has 0 spiro atoms. The zero-order valence-corrected chi connectivity index (χ0v) is 10.9. The smallest absolute Gasteiger partial charge is 0.407 e. The van der Waals surface area contributed by atoms with Gasteiger partial charge in [-0.15, -0.1) is 0 Å². The van der Waals surface area contributed by atoms with E-state index in [1.807, 2.05) is 20.8 Å². The van der Waals surface area contributed by atoms with Gasteiger partial charge in [-0.25, -0.2) is 4.79 Å². The van der Waals surface area contributed by atoms with Crippen LogP contribution in [0.3, 0.4) is 0 Å². The summed E-state index contributed by atoms with van der Waals surface area (Å²) in [5.41, 5.74) is -0.401. The lowest BCUT2D eigenvalue weighted by atomic mass is 9.80. The molecule has 0 heterocycles. The molecule has 0 bridgehead atoms. The van der Waals surface area contributed by atoms with E-state index in [0.29, 0.717) is 6.42 Å². The summed E-state index contributed by atoms with van der Waals surface area (Å²) in [4.78, 5) is 13.0. The quantitative estimate of drug-likeness (QED) is 0.803. The molecular formula is C13H22N2O2. The second-order valence-electron chi connectivity index (χ2n) is 5.80. The topological polar surface area (TPSA) is 64.3 Å². The maximum atomic E-state index is 11.4. The summed E-state index contributed by atoms with van der Waals surface area (Å²) >= 11 is 0. The van der Waals surface area contributed by atoms with Gasteiger partial charge in [-0.2, -0.15) is 5.26 Å². The molecular weight excluding hydrogens is 216 g/mol. The molecule has 0 aromatic rings. The SMILES string of the molecule is CC(C)(C)N(C(=O)O)[C@H]1CCCC[C@@H]1CC#N. The largest absolute Gasteiger partial charge is 0.465 e. The van der Waals surface area contributed by atoms with Crippen molar-refractivity contribution in [2.24, 2.45) is 5.92 Å². The molecule has 0 unspecified atom stereocenters. The average molecular weight is 238 g/mol. The Morgan fingerprint density at radius 1 is 1.41 bits per heavy atom. The summed E-state index contributed by atoms with van der Waals surface area (Å²) in [5, 5.41) is 18.2. The Morgan fingerprint density at radius 3 is 2.47 bits per heavy atom. The van der Waals surface area contributed by atoms with Crippen LogP contribution < -0.4 is 0 Å². The molecule has 1 rings (SSSR count). The van der Waals surface area contributed by atoms with Crippen LogP contribution in [0.5, 0.6) is 0 Å². The number of nitriles is 1. The number of hydrogen-bond acceptors (Lipinski definition) is 2. The number of hydrogen-bond donors (Lipinski definition) is 1. The summed E-state index contributed by atoms with van der Waals surface area (Å²) in [7, 11) is 0.